The zero-order valence-corrected chi connectivity index (χ0v) is 26.6. The van der Waals surface area contributed by atoms with Gasteiger partial charge in [-0.05, 0) is 78.3 Å². The third kappa shape index (κ3) is 5.37. The Morgan fingerprint density at radius 3 is 2.14 bits per heavy atom. The van der Waals surface area contributed by atoms with Crippen molar-refractivity contribution in [2.75, 3.05) is 23.3 Å². The number of hydrogen-bond acceptors (Lipinski definition) is 5. The molecule has 6 rings (SSSR count). The zero-order chi connectivity index (χ0) is 30.7. The largest absolute Gasteiger partial charge is 0.456 e. The summed E-state index contributed by atoms with van der Waals surface area (Å²) in [6, 6.07) is 26.5. The topological polar surface area (TPSA) is 50.8 Å². The molecule has 0 fully saturated rings. The van der Waals surface area contributed by atoms with E-state index in [0.717, 1.165) is 52.4 Å². The van der Waals surface area contributed by atoms with E-state index in [1.165, 1.54) is 5.56 Å². The van der Waals surface area contributed by atoms with E-state index in [1.807, 2.05) is 30.3 Å². The molecule has 0 bridgehead atoms. The van der Waals surface area contributed by atoms with Crippen LogP contribution < -0.4 is 15.0 Å². The molecule has 2 heterocycles. The molecule has 1 atom stereocenters. The molecule has 43 heavy (non-hydrogen) atoms. The molecule has 5 nitrogen and oxygen atoms in total. The molecule has 4 aromatic carbocycles. The molecule has 0 radical (unpaired) electrons. The van der Waals surface area contributed by atoms with E-state index < -0.39 is 5.60 Å². The lowest BCUT2D eigenvalue weighted by Gasteiger charge is -2.39. The molecule has 0 aliphatic carbocycles. The minimum Gasteiger partial charge on any atom is -0.456 e. The fourth-order valence-electron chi connectivity index (χ4n) is 6.40. The first-order chi connectivity index (χ1) is 20.2. The third-order valence-corrected chi connectivity index (χ3v) is 8.03. The molecule has 2 aliphatic heterocycles. The van der Waals surface area contributed by atoms with Crippen molar-refractivity contribution in [3.63, 3.8) is 0 Å². The van der Waals surface area contributed by atoms with Crippen molar-refractivity contribution in [1.82, 2.24) is 0 Å². The summed E-state index contributed by atoms with van der Waals surface area (Å²) in [6.45, 7) is 19.6. The quantitative estimate of drug-likeness (QED) is 0.241. The maximum atomic E-state index is 13.4. The lowest BCUT2D eigenvalue weighted by atomic mass is 9.77. The molecule has 0 saturated heterocycles. The Kier molecular flexibility index (Phi) is 6.83. The highest BCUT2D eigenvalue weighted by Gasteiger charge is 2.53. The van der Waals surface area contributed by atoms with Gasteiger partial charge >= 0.3 is 5.97 Å². The Labute approximate surface area is 255 Å². The van der Waals surface area contributed by atoms with Gasteiger partial charge in [0.25, 0.3) is 0 Å². The molecular weight excluding hydrogens is 532 g/mol. The van der Waals surface area contributed by atoms with Crippen molar-refractivity contribution < 1.29 is 14.3 Å². The van der Waals surface area contributed by atoms with Crippen LogP contribution in [0.2, 0.25) is 0 Å². The van der Waals surface area contributed by atoms with E-state index in [0.29, 0.717) is 17.1 Å². The van der Waals surface area contributed by atoms with Gasteiger partial charge in [0.15, 0.2) is 5.60 Å². The third-order valence-electron chi connectivity index (χ3n) is 8.03. The van der Waals surface area contributed by atoms with Crippen molar-refractivity contribution in [3.05, 3.63) is 112 Å². The van der Waals surface area contributed by atoms with Crippen LogP contribution in [0.5, 0.6) is 11.5 Å². The number of nitrogens with zero attached hydrogens (tertiary/aromatic N) is 1. The number of hydrogen-bond donors (Lipinski definition) is 1. The van der Waals surface area contributed by atoms with E-state index in [2.05, 4.69) is 114 Å². The summed E-state index contributed by atoms with van der Waals surface area (Å²) in [5, 5.41) is 3.59. The van der Waals surface area contributed by atoms with E-state index in [1.54, 1.807) is 0 Å². The van der Waals surface area contributed by atoms with E-state index in [-0.39, 0.29) is 16.8 Å². The highest BCUT2D eigenvalue weighted by atomic mass is 16.6. The molecule has 4 aromatic rings. The van der Waals surface area contributed by atoms with Crippen LogP contribution in [-0.2, 0) is 10.3 Å². The van der Waals surface area contributed by atoms with Crippen molar-refractivity contribution in [2.24, 2.45) is 10.8 Å². The van der Waals surface area contributed by atoms with Gasteiger partial charge in [0.2, 0.25) is 0 Å². The van der Waals surface area contributed by atoms with Crippen LogP contribution in [0.3, 0.4) is 0 Å². The molecule has 0 aromatic heterocycles. The molecule has 2 aliphatic rings. The number of benzene rings is 4. The summed E-state index contributed by atoms with van der Waals surface area (Å²) in [7, 11) is 0. The second kappa shape index (κ2) is 10.2. The second-order valence-electron chi connectivity index (χ2n) is 14.5. The Hall–Kier alpha value is -4.25. The van der Waals surface area contributed by atoms with Crippen LogP contribution in [0.1, 0.15) is 79.7 Å². The maximum Gasteiger partial charge on any atom is 0.340 e. The number of carbonyl (C=O) groups excluding carboxylic acids is 1. The van der Waals surface area contributed by atoms with Crippen molar-refractivity contribution in [1.29, 1.82) is 0 Å². The Morgan fingerprint density at radius 1 is 0.744 bits per heavy atom. The standard InChI is InChI=1S/C38H42N2O3/c1-24-12-11-13-26(18-24)39-32-21-31-33(19-25(32)2)42-34-20-27(40(22-36(3,4)5)23-37(6,7)8)16-17-30(34)38(31)29-15-10-9-14-28(29)35(41)43-38/h9-21,39H,22-23H2,1-8H3. The maximum absolute atomic E-state index is 13.4. The zero-order valence-electron chi connectivity index (χ0n) is 26.6. The summed E-state index contributed by atoms with van der Waals surface area (Å²) in [6.07, 6.45) is 0. The van der Waals surface area contributed by atoms with Gasteiger partial charge < -0.3 is 19.7 Å². The molecule has 1 unspecified atom stereocenters. The SMILES string of the molecule is Cc1cccc(Nc2cc3c(cc2C)Oc2cc(N(CC(C)(C)C)CC(C)(C)C)ccc2C32OC(=O)c3ccccc32)c1. The lowest BCUT2D eigenvalue weighted by molar-refractivity contribution is 0.0224. The predicted molar refractivity (Wildman–Crippen MR) is 175 cm³/mol. The predicted octanol–water partition coefficient (Wildman–Crippen LogP) is 9.51. The number of aryl methyl sites for hydroxylation is 2. The number of rotatable bonds is 5. The summed E-state index contributed by atoms with van der Waals surface area (Å²) < 4.78 is 13.2. The fourth-order valence-corrected chi connectivity index (χ4v) is 6.40. The van der Waals surface area contributed by atoms with Crippen LogP contribution in [-0.4, -0.2) is 19.1 Å². The summed E-state index contributed by atoms with van der Waals surface area (Å²) in [5.41, 5.74) is 7.40. The Morgan fingerprint density at radius 2 is 1.44 bits per heavy atom. The van der Waals surface area contributed by atoms with Gasteiger partial charge in [0.1, 0.15) is 11.5 Å². The van der Waals surface area contributed by atoms with Crippen LogP contribution in [0, 0.1) is 24.7 Å². The number of fused-ring (bicyclic) bond motifs is 6. The minimum atomic E-state index is -1.12. The van der Waals surface area contributed by atoms with Gasteiger partial charge in [-0.1, -0.05) is 71.9 Å². The first kappa shape index (κ1) is 28.9. The normalized spacial score (nSPS) is 17.1. The van der Waals surface area contributed by atoms with Gasteiger partial charge in [-0.25, -0.2) is 4.79 Å². The number of esters is 1. The highest BCUT2D eigenvalue weighted by Crippen LogP contribution is 2.57. The average Bonchev–Trinajstić information content (AvgIpc) is 3.20. The summed E-state index contributed by atoms with van der Waals surface area (Å²) in [4.78, 5) is 15.9. The molecule has 1 N–H and O–H groups in total. The average molecular weight is 575 g/mol. The van der Waals surface area contributed by atoms with Gasteiger partial charge in [-0.15, -0.1) is 0 Å². The van der Waals surface area contributed by atoms with Gasteiger partial charge in [0.05, 0.1) is 5.56 Å². The lowest BCUT2D eigenvalue weighted by Crippen LogP contribution is -2.39. The number of carbonyl (C=O) groups is 1. The van der Waals surface area contributed by atoms with Crippen molar-refractivity contribution in [3.8, 4) is 11.5 Å². The minimum absolute atomic E-state index is 0.105. The van der Waals surface area contributed by atoms with Crippen molar-refractivity contribution in [2.45, 2.75) is 61.0 Å². The first-order valence-corrected chi connectivity index (χ1v) is 15.1. The fraction of sp³-hybridized carbons (Fsp3) is 0.342. The van der Waals surface area contributed by atoms with E-state index in [9.17, 15) is 4.79 Å². The smallest absolute Gasteiger partial charge is 0.340 e. The van der Waals surface area contributed by atoms with Crippen molar-refractivity contribution >= 4 is 23.0 Å². The Bertz CT molecular complexity index is 1710. The van der Waals surface area contributed by atoms with Gasteiger partial charge in [-0.2, -0.15) is 0 Å². The number of ether oxygens (including phenoxy) is 2. The van der Waals surface area contributed by atoms with Crippen LogP contribution in [0.15, 0.2) is 78.9 Å². The van der Waals surface area contributed by atoms with Gasteiger partial charge in [0, 0.05) is 52.9 Å². The molecule has 0 amide bonds. The highest BCUT2D eigenvalue weighted by molar-refractivity contribution is 5.97. The molecule has 0 saturated carbocycles. The molecule has 5 heteroatoms. The monoisotopic (exact) mass is 574 g/mol. The summed E-state index contributed by atoms with van der Waals surface area (Å²) >= 11 is 0. The van der Waals surface area contributed by atoms with Crippen LogP contribution in [0.25, 0.3) is 0 Å². The van der Waals surface area contributed by atoms with E-state index in [4.69, 9.17) is 9.47 Å². The first-order valence-electron chi connectivity index (χ1n) is 15.1. The van der Waals surface area contributed by atoms with Crippen LogP contribution >= 0.6 is 0 Å². The number of anilines is 3. The number of nitrogens with one attached hydrogen (secondary N) is 1. The summed E-state index contributed by atoms with van der Waals surface area (Å²) in [5.74, 6) is 1.08. The molecule has 222 valence electrons. The van der Waals surface area contributed by atoms with Gasteiger partial charge in [-0.3, -0.25) is 0 Å². The van der Waals surface area contributed by atoms with E-state index >= 15 is 0 Å². The van der Waals surface area contributed by atoms with Crippen LogP contribution in [0.4, 0.5) is 17.1 Å². The Balaban J connectivity index is 1.53. The molecule has 1 spiro atoms. The molecular formula is C38H42N2O3. The second-order valence-corrected chi connectivity index (χ2v) is 14.5.